The van der Waals surface area contributed by atoms with E-state index in [4.69, 9.17) is 6.42 Å². The number of benzene rings is 5. The van der Waals surface area contributed by atoms with E-state index in [0.717, 1.165) is 44.5 Å². The molecule has 0 amide bonds. The predicted molar refractivity (Wildman–Crippen MR) is 282 cm³/mol. The molecule has 0 saturated heterocycles. The van der Waals surface area contributed by atoms with Gasteiger partial charge in [0.1, 0.15) is 0 Å². The van der Waals surface area contributed by atoms with Crippen LogP contribution in [0.1, 0.15) is 167 Å². The second-order valence-corrected chi connectivity index (χ2v) is 21.7. The van der Waals surface area contributed by atoms with Crippen molar-refractivity contribution in [3.63, 3.8) is 0 Å². The van der Waals surface area contributed by atoms with Crippen molar-refractivity contribution < 1.29 is 0 Å². The molecule has 1 aliphatic carbocycles. The van der Waals surface area contributed by atoms with Gasteiger partial charge in [0.15, 0.2) is 0 Å². The molecule has 0 heterocycles. The Bertz CT molecular complexity index is 3280. The van der Waals surface area contributed by atoms with Crippen LogP contribution in [0.3, 0.4) is 0 Å². The van der Waals surface area contributed by atoms with Crippen molar-refractivity contribution >= 4 is 58.2 Å². The van der Waals surface area contributed by atoms with Gasteiger partial charge in [-0.2, -0.15) is 26.3 Å². The Morgan fingerprint density at radius 3 is 0.691 bits per heavy atom. The molecule has 0 fully saturated rings. The van der Waals surface area contributed by atoms with Crippen molar-refractivity contribution in [1.29, 1.82) is 26.3 Å². The number of allylic oxidation sites excluding steroid dienone is 5. The van der Waals surface area contributed by atoms with Crippen molar-refractivity contribution in [2.75, 3.05) is 0 Å². The Hall–Kier alpha value is -8.19. The number of hydrogen-bond acceptors (Lipinski definition) is 5. The fourth-order valence-electron chi connectivity index (χ4n) is 8.00. The zero-order valence-electron chi connectivity index (χ0n) is 41.4. The highest BCUT2D eigenvalue weighted by Crippen LogP contribution is 2.36. The molecule has 334 valence electrons. The second-order valence-electron chi connectivity index (χ2n) is 21.7. The lowest BCUT2D eigenvalue weighted by Crippen LogP contribution is -2.12. The summed E-state index contributed by atoms with van der Waals surface area (Å²) in [7, 11) is 0. The van der Waals surface area contributed by atoms with Gasteiger partial charge in [0.2, 0.25) is 0 Å². The van der Waals surface area contributed by atoms with Gasteiger partial charge in [-0.3, -0.25) is 0 Å². The molecule has 0 unspecified atom stereocenters. The molecule has 68 heavy (non-hydrogen) atoms. The minimum atomic E-state index is -0.313. The molecule has 0 radical (unpaired) electrons. The molecule has 0 spiro atoms. The molecule has 0 N–H and O–H groups in total. The van der Waals surface area contributed by atoms with Crippen LogP contribution in [0.25, 0.3) is 58.2 Å². The average Bonchev–Trinajstić information content (AvgIpc) is 3.28. The van der Waals surface area contributed by atoms with Gasteiger partial charge in [-0.15, -0.1) is 6.42 Å². The summed E-state index contributed by atoms with van der Waals surface area (Å²) in [5.74, 6) is 2.74. The van der Waals surface area contributed by atoms with E-state index in [0.29, 0.717) is 66.8 Å². The molecular formula is C63H57N5. The van der Waals surface area contributed by atoms with Crippen LogP contribution in [-0.2, 0) is 21.7 Å². The first-order valence-corrected chi connectivity index (χ1v) is 22.7. The van der Waals surface area contributed by atoms with E-state index >= 15 is 0 Å². The van der Waals surface area contributed by atoms with E-state index in [-0.39, 0.29) is 21.7 Å². The van der Waals surface area contributed by atoms with E-state index in [1.165, 1.54) is 0 Å². The summed E-state index contributed by atoms with van der Waals surface area (Å²) >= 11 is 0. The zero-order chi connectivity index (χ0) is 49.9. The van der Waals surface area contributed by atoms with Crippen LogP contribution < -0.4 is 0 Å². The number of fused-ring (bicyclic) bond motifs is 10. The van der Waals surface area contributed by atoms with Gasteiger partial charge < -0.3 is 0 Å². The van der Waals surface area contributed by atoms with E-state index in [9.17, 15) is 26.3 Å². The van der Waals surface area contributed by atoms with Crippen LogP contribution in [0, 0.1) is 69.0 Å². The smallest absolute Gasteiger partial charge is 0.0998 e. The summed E-state index contributed by atoms with van der Waals surface area (Å²) in [5.41, 5.74) is 12.1. The minimum Gasteiger partial charge on any atom is -0.192 e. The highest BCUT2D eigenvalue weighted by Gasteiger charge is 2.22. The van der Waals surface area contributed by atoms with E-state index < -0.39 is 0 Å². The Morgan fingerprint density at radius 2 is 0.500 bits per heavy atom. The van der Waals surface area contributed by atoms with E-state index in [1.807, 2.05) is 91.0 Å². The van der Waals surface area contributed by atoms with Crippen LogP contribution in [0.2, 0.25) is 0 Å². The molecule has 0 saturated carbocycles. The Labute approximate surface area is 404 Å². The van der Waals surface area contributed by atoms with Crippen molar-refractivity contribution in [2.24, 2.45) is 0 Å². The molecule has 0 atom stereocenters. The fourth-order valence-corrected chi connectivity index (χ4v) is 8.00. The first kappa shape index (κ1) is 49.2. The van der Waals surface area contributed by atoms with E-state index in [1.54, 1.807) is 12.1 Å². The van der Waals surface area contributed by atoms with Crippen molar-refractivity contribution in [1.82, 2.24) is 0 Å². The largest absolute Gasteiger partial charge is 0.192 e. The second kappa shape index (κ2) is 19.0. The number of nitriles is 5. The monoisotopic (exact) mass is 883 g/mol. The first-order chi connectivity index (χ1) is 31.8. The lowest BCUT2D eigenvalue weighted by atomic mass is 9.82. The Kier molecular flexibility index (Phi) is 13.7. The quantitative estimate of drug-likeness (QED) is 0.143. The van der Waals surface area contributed by atoms with Crippen LogP contribution in [0.15, 0.2) is 91.0 Å². The number of terminal acetylenes is 1. The molecule has 5 heteroatoms. The molecule has 10 bridgehead atoms. The lowest BCUT2D eigenvalue weighted by molar-refractivity contribution is 0.589. The molecule has 5 nitrogen and oxygen atoms in total. The third-order valence-corrected chi connectivity index (χ3v) is 12.1. The predicted octanol–water partition coefficient (Wildman–Crippen LogP) is 15.5. The maximum absolute atomic E-state index is 10.9. The standard InChI is InChI=1S/C63H57N5/c1-14-40-15-41-17-46(16-40)51(35-64)23-42-18-48(32-56(27-42)60(2,3)4)53(37-66)25-44-20-50(34-58(29-44)62(8,9)10)55(39-68)26-45-21-49(33-59(30-45)63(11,12)13)54(38-67)24-43-19-47(52(22-41)36-65)31-57(28-43)61(5,6)7/h1,15-34H,2-13H3/b51-23+,52-22?,53-25+,54-24+,55-26+. The maximum atomic E-state index is 10.9. The SMILES string of the molecule is C#Cc1cc2cc(c1)/C(C#N)=C/c1cc(cc(C(C)(C)C)c1)/C(C#N)=C/c1cc(cc(C(C)(C)C)c1)/C(C#N)=C/c1cc(cc(C(C)(C)C)c1)/C(C#N)=C/c1cc(cc(C(C)(C)C)c1)C(C#N)=C2. The van der Waals surface area contributed by atoms with E-state index in [2.05, 4.69) is 138 Å². The van der Waals surface area contributed by atoms with Crippen LogP contribution >= 0.6 is 0 Å². The molecule has 0 aromatic heterocycles. The number of hydrogen-bond donors (Lipinski definition) is 0. The Balaban J connectivity index is 1.78. The summed E-state index contributed by atoms with van der Waals surface area (Å²) in [6, 6.07) is 41.7. The molecule has 1 aliphatic rings. The van der Waals surface area contributed by atoms with Crippen molar-refractivity contribution in [3.05, 3.63) is 174 Å². The molecular weight excluding hydrogens is 827 g/mol. The third-order valence-electron chi connectivity index (χ3n) is 12.1. The van der Waals surface area contributed by atoms with Gasteiger partial charge in [0.05, 0.1) is 58.2 Å². The first-order valence-electron chi connectivity index (χ1n) is 22.7. The van der Waals surface area contributed by atoms with Crippen LogP contribution in [-0.4, -0.2) is 0 Å². The maximum Gasteiger partial charge on any atom is 0.0998 e. The molecule has 5 aromatic rings. The van der Waals surface area contributed by atoms with Gasteiger partial charge in [0.25, 0.3) is 0 Å². The Morgan fingerprint density at radius 1 is 0.294 bits per heavy atom. The summed E-state index contributed by atoms with van der Waals surface area (Å²) in [5, 5.41) is 54.2. The van der Waals surface area contributed by atoms with Gasteiger partial charge in [-0.25, -0.2) is 0 Å². The van der Waals surface area contributed by atoms with Crippen molar-refractivity contribution in [2.45, 2.75) is 105 Å². The number of nitrogens with zero attached hydrogens (tertiary/aromatic N) is 5. The number of rotatable bonds is 0. The third kappa shape index (κ3) is 11.4. The van der Waals surface area contributed by atoms with Gasteiger partial charge in [-0.05, 0) is 197 Å². The summed E-state index contributed by atoms with van der Waals surface area (Å²) < 4.78 is 0. The zero-order valence-corrected chi connectivity index (χ0v) is 41.4. The van der Waals surface area contributed by atoms with Crippen LogP contribution in [0.4, 0.5) is 0 Å². The molecule has 5 aromatic carbocycles. The summed E-state index contributed by atoms with van der Waals surface area (Å²) in [6.07, 6.45) is 15.2. The summed E-state index contributed by atoms with van der Waals surface area (Å²) in [6.45, 7) is 25.4. The molecule has 6 rings (SSSR count). The van der Waals surface area contributed by atoms with Crippen LogP contribution in [0.5, 0.6) is 0 Å². The molecule has 0 aliphatic heterocycles. The highest BCUT2D eigenvalue weighted by molar-refractivity contribution is 5.98. The normalized spacial score (nSPS) is 16.4. The lowest BCUT2D eigenvalue weighted by Gasteiger charge is -2.22. The van der Waals surface area contributed by atoms with Gasteiger partial charge in [-0.1, -0.05) is 113 Å². The fraction of sp³-hybridized carbons (Fsp3) is 0.254. The highest BCUT2D eigenvalue weighted by atomic mass is 14.3. The van der Waals surface area contributed by atoms with Gasteiger partial charge >= 0.3 is 0 Å². The average molecular weight is 884 g/mol. The minimum absolute atomic E-state index is 0.304. The van der Waals surface area contributed by atoms with Crippen molar-refractivity contribution in [3.8, 4) is 42.7 Å². The van der Waals surface area contributed by atoms with Gasteiger partial charge in [0, 0.05) is 5.56 Å². The topological polar surface area (TPSA) is 119 Å². The summed E-state index contributed by atoms with van der Waals surface area (Å²) in [4.78, 5) is 0.